The monoisotopic (exact) mass is 593 g/mol. The molecule has 4 atom stereocenters. The average molecular weight is 594 g/mol. The number of imide groups is 1. The minimum Gasteiger partial charge on any atom is -0.481 e. The topological polar surface area (TPSA) is 233 Å². The zero-order valence-electron chi connectivity index (χ0n) is 23.3. The first kappa shape index (κ1) is 32.8. The fourth-order valence-corrected chi connectivity index (χ4v) is 6.64. The standard InChI is InChI=1S/C21H29N5O2.C6H8O7.H2O/c27-19-17-15-4-5-16(14-15)18(17)20(28)26(19)9-2-1-8-24-10-12-25(13-11-24)21-22-6-3-7-23-21;7-3(8)1-6(13,5(11)12)2-4(9)10;/h3,6-7,15-18H,1-2,4-5,8-14H2;13H,1-2H2,(H,7,8)(H,9,10)(H,11,12);1H2/t15-,16+,17+,18-;;. The van der Waals surface area contributed by atoms with Crippen molar-refractivity contribution in [3.05, 3.63) is 18.5 Å². The molecule has 6 N–H and O–H groups in total. The molecule has 4 aliphatic rings. The number of likely N-dealkylation sites (tertiary alicyclic amines) is 1. The fourth-order valence-electron chi connectivity index (χ4n) is 6.64. The third kappa shape index (κ3) is 7.38. The van der Waals surface area contributed by atoms with Crippen LogP contribution in [0.1, 0.15) is 44.9 Å². The van der Waals surface area contributed by atoms with Crippen LogP contribution in [0.3, 0.4) is 0 Å². The molecule has 1 aromatic heterocycles. The maximum atomic E-state index is 12.7. The molecule has 0 spiro atoms. The van der Waals surface area contributed by atoms with Crippen LogP contribution in [-0.4, -0.2) is 120 Å². The van der Waals surface area contributed by atoms with E-state index in [0.717, 1.165) is 70.8 Å². The van der Waals surface area contributed by atoms with Crippen molar-refractivity contribution in [3.8, 4) is 0 Å². The van der Waals surface area contributed by atoms with Gasteiger partial charge in [0, 0.05) is 45.1 Å². The van der Waals surface area contributed by atoms with Gasteiger partial charge in [0.1, 0.15) is 0 Å². The summed E-state index contributed by atoms with van der Waals surface area (Å²) in [5, 5.41) is 33.8. The Kier molecular flexibility index (Phi) is 10.9. The maximum absolute atomic E-state index is 12.7. The van der Waals surface area contributed by atoms with Gasteiger partial charge in [-0.3, -0.25) is 29.0 Å². The Morgan fingerprint density at radius 3 is 1.81 bits per heavy atom. The van der Waals surface area contributed by atoms with E-state index in [9.17, 15) is 24.0 Å². The molecule has 2 saturated carbocycles. The summed E-state index contributed by atoms with van der Waals surface area (Å²) in [6.07, 6.45) is 6.64. The van der Waals surface area contributed by atoms with Crippen LogP contribution in [0.2, 0.25) is 0 Å². The highest BCUT2D eigenvalue weighted by Gasteiger charge is 2.60. The number of rotatable bonds is 11. The molecule has 2 saturated heterocycles. The van der Waals surface area contributed by atoms with Crippen molar-refractivity contribution in [1.29, 1.82) is 0 Å². The van der Waals surface area contributed by atoms with E-state index < -0.39 is 36.4 Å². The summed E-state index contributed by atoms with van der Waals surface area (Å²) in [4.78, 5) is 70.9. The third-order valence-electron chi connectivity index (χ3n) is 8.62. The van der Waals surface area contributed by atoms with Crippen molar-refractivity contribution < 1.29 is 49.9 Å². The largest absolute Gasteiger partial charge is 0.481 e. The van der Waals surface area contributed by atoms with Crippen LogP contribution in [-0.2, 0) is 24.0 Å². The van der Waals surface area contributed by atoms with Gasteiger partial charge in [-0.05, 0) is 56.6 Å². The number of carboxylic acids is 3. The molecule has 5 rings (SSSR count). The highest BCUT2D eigenvalue weighted by molar-refractivity contribution is 6.06. The van der Waals surface area contributed by atoms with Gasteiger partial charge in [0.05, 0.1) is 24.7 Å². The predicted octanol–water partition coefficient (Wildman–Crippen LogP) is -0.663. The van der Waals surface area contributed by atoms with E-state index in [1.807, 2.05) is 6.07 Å². The SMILES string of the molecule is O.O=C(O)CC(O)(CC(=O)O)C(=O)O.O=C1[C@@H]2[C@H]3CC[C@H](C3)[C@@H]2C(=O)N1CCCCN1CCN(c2ncccn2)CC1. The molecule has 2 aliphatic carbocycles. The number of nitrogens with zero attached hydrogens (tertiary/aromatic N) is 5. The van der Waals surface area contributed by atoms with Crippen LogP contribution in [0, 0.1) is 23.7 Å². The number of aliphatic carboxylic acids is 3. The number of hydrogen-bond acceptors (Lipinski definition) is 10. The van der Waals surface area contributed by atoms with Gasteiger partial charge < -0.3 is 30.8 Å². The molecule has 232 valence electrons. The smallest absolute Gasteiger partial charge is 0.336 e. The highest BCUT2D eigenvalue weighted by atomic mass is 16.4. The molecule has 2 bridgehead atoms. The Morgan fingerprint density at radius 1 is 0.833 bits per heavy atom. The zero-order valence-corrected chi connectivity index (χ0v) is 23.3. The maximum Gasteiger partial charge on any atom is 0.336 e. The van der Waals surface area contributed by atoms with Crippen molar-refractivity contribution in [2.24, 2.45) is 23.7 Å². The Morgan fingerprint density at radius 2 is 1.33 bits per heavy atom. The van der Waals surface area contributed by atoms with Gasteiger partial charge in [-0.2, -0.15) is 0 Å². The first-order valence-corrected chi connectivity index (χ1v) is 14.0. The number of piperazine rings is 1. The van der Waals surface area contributed by atoms with Gasteiger partial charge in [-0.25, -0.2) is 14.8 Å². The fraction of sp³-hybridized carbons (Fsp3) is 0.667. The average Bonchev–Trinajstić information content (AvgIpc) is 3.61. The molecule has 0 radical (unpaired) electrons. The molecule has 3 heterocycles. The lowest BCUT2D eigenvalue weighted by Gasteiger charge is -2.34. The lowest BCUT2D eigenvalue weighted by atomic mass is 9.81. The molecule has 0 unspecified atom stereocenters. The molecule has 15 heteroatoms. The van der Waals surface area contributed by atoms with Gasteiger partial charge in [-0.1, -0.05) is 0 Å². The molecule has 2 amide bonds. The van der Waals surface area contributed by atoms with Gasteiger partial charge in [0.15, 0.2) is 5.60 Å². The number of aromatic nitrogens is 2. The van der Waals surface area contributed by atoms with Crippen LogP contribution >= 0.6 is 0 Å². The van der Waals surface area contributed by atoms with Crippen molar-refractivity contribution in [2.75, 3.05) is 44.2 Å². The minimum absolute atomic E-state index is 0. The van der Waals surface area contributed by atoms with E-state index >= 15 is 0 Å². The number of carbonyl (C=O) groups excluding carboxylic acids is 2. The quantitative estimate of drug-likeness (QED) is 0.184. The number of anilines is 1. The number of hydrogen-bond donors (Lipinski definition) is 4. The Balaban J connectivity index is 0.000000297. The molecule has 4 fully saturated rings. The summed E-state index contributed by atoms with van der Waals surface area (Å²) in [6.45, 7) is 5.54. The third-order valence-corrected chi connectivity index (χ3v) is 8.62. The van der Waals surface area contributed by atoms with E-state index in [4.69, 9.17) is 20.4 Å². The predicted molar refractivity (Wildman–Crippen MR) is 145 cm³/mol. The van der Waals surface area contributed by atoms with Crippen molar-refractivity contribution in [3.63, 3.8) is 0 Å². The molecule has 1 aromatic rings. The van der Waals surface area contributed by atoms with E-state index in [2.05, 4.69) is 19.8 Å². The summed E-state index contributed by atoms with van der Waals surface area (Å²) in [5.41, 5.74) is -2.74. The van der Waals surface area contributed by atoms with Gasteiger partial charge in [-0.15, -0.1) is 0 Å². The van der Waals surface area contributed by atoms with Crippen molar-refractivity contribution >= 4 is 35.7 Å². The summed E-state index contributed by atoms with van der Waals surface area (Å²) >= 11 is 0. The van der Waals surface area contributed by atoms with Crippen molar-refractivity contribution in [1.82, 2.24) is 19.8 Å². The van der Waals surface area contributed by atoms with Crippen LogP contribution in [0.5, 0.6) is 0 Å². The Hall–Kier alpha value is -3.69. The highest BCUT2D eigenvalue weighted by Crippen LogP contribution is 2.56. The Bertz CT molecular complexity index is 1100. The number of unbranched alkanes of at least 4 members (excludes halogenated alkanes) is 1. The van der Waals surface area contributed by atoms with E-state index in [1.54, 1.807) is 17.3 Å². The lowest BCUT2D eigenvalue weighted by molar-refractivity contribution is -0.170. The molecule has 2 aliphatic heterocycles. The molecule has 0 aromatic carbocycles. The molecule has 15 nitrogen and oxygen atoms in total. The summed E-state index contributed by atoms with van der Waals surface area (Å²) < 4.78 is 0. The van der Waals surface area contributed by atoms with Crippen LogP contribution in [0.15, 0.2) is 18.5 Å². The number of aliphatic hydroxyl groups is 1. The van der Waals surface area contributed by atoms with Gasteiger partial charge in [0.25, 0.3) is 0 Å². The lowest BCUT2D eigenvalue weighted by Crippen LogP contribution is -2.47. The number of amides is 2. The van der Waals surface area contributed by atoms with Gasteiger partial charge >= 0.3 is 17.9 Å². The van der Waals surface area contributed by atoms with Crippen LogP contribution in [0.25, 0.3) is 0 Å². The number of carbonyl (C=O) groups is 5. The molecular weight excluding hydrogens is 554 g/mol. The normalized spacial score (nSPS) is 25.0. The van der Waals surface area contributed by atoms with Crippen molar-refractivity contribution in [2.45, 2.75) is 50.5 Å². The summed E-state index contributed by atoms with van der Waals surface area (Å²) in [5.74, 6) is -2.90. The first-order valence-electron chi connectivity index (χ1n) is 14.0. The van der Waals surface area contributed by atoms with Gasteiger partial charge in [0.2, 0.25) is 17.8 Å². The van der Waals surface area contributed by atoms with Crippen LogP contribution in [0.4, 0.5) is 5.95 Å². The van der Waals surface area contributed by atoms with Crippen LogP contribution < -0.4 is 4.90 Å². The zero-order chi connectivity index (χ0) is 29.7. The summed E-state index contributed by atoms with van der Waals surface area (Å²) in [7, 11) is 0. The second-order valence-corrected chi connectivity index (χ2v) is 11.3. The first-order chi connectivity index (χ1) is 19.5. The van der Waals surface area contributed by atoms with E-state index in [0.29, 0.717) is 18.4 Å². The number of fused-ring (bicyclic) bond motifs is 5. The second kappa shape index (κ2) is 14.0. The minimum atomic E-state index is -2.74. The number of carboxylic acid groups (broad SMARTS) is 3. The molecular formula is C27H39N5O10. The summed E-state index contributed by atoms with van der Waals surface area (Å²) in [6, 6.07) is 1.84. The Labute approximate surface area is 242 Å². The van der Waals surface area contributed by atoms with E-state index in [-0.39, 0.29) is 29.1 Å². The van der Waals surface area contributed by atoms with E-state index in [1.165, 1.54) is 0 Å². The molecule has 42 heavy (non-hydrogen) atoms. The second-order valence-electron chi connectivity index (χ2n) is 11.3.